The van der Waals surface area contributed by atoms with Crippen LogP contribution in [0.4, 0.5) is 11.4 Å². The zero-order valence-electron chi connectivity index (χ0n) is 20.1. The lowest BCUT2D eigenvalue weighted by molar-refractivity contribution is -0.105. The van der Waals surface area contributed by atoms with Gasteiger partial charge in [-0.3, -0.25) is 4.90 Å². The van der Waals surface area contributed by atoms with E-state index in [1.165, 1.54) is 24.1 Å². The molecule has 1 heterocycles. The molecule has 0 amide bonds. The Morgan fingerprint density at radius 2 is 1.73 bits per heavy atom. The minimum Gasteiger partial charge on any atom is -0.478 e. The van der Waals surface area contributed by atoms with Gasteiger partial charge in [0.05, 0.1) is 5.56 Å². The summed E-state index contributed by atoms with van der Waals surface area (Å²) in [6, 6.07) is 16.7. The molecule has 0 aromatic heterocycles. The number of piperazine rings is 1. The van der Waals surface area contributed by atoms with Crippen molar-refractivity contribution in [2.75, 3.05) is 36.4 Å². The van der Waals surface area contributed by atoms with Gasteiger partial charge in [0.2, 0.25) is 0 Å². The Hall–Kier alpha value is -2.53. The third kappa shape index (κ3) is 4.23. The summed E-state index contributed by atoms with van der Waals surface area (Å²) in [4.78, 5) is 16.0. The van der Waals surface area contributed by atoms with Gasteiger partial charge in [-0.05, 0) is 71.9 Å². The predicted octanol–water partition coefficient (Wildman–Crippen LogP) is 5.19. The Kier molecular flexibility index (Phi) is 5.86. The molecule has 0 radical (unpaired) electrons. The fraction of sp³-hybridized carbons (Fsp3) is 0.536. The lowest BCUT2D eigenvalue weighted by Crippen LogP contribution is -2.58. The average Bonchev–Trinajstić information content (AvgIpc) is 2.81. The SMILES string of the molecule is C[C@H]1[C@@H](Nc2ccccc2CN2CCN(c3ccc(C(=O)O)cc3)CC2)C[C@H]2C[C@H]1C2(C)C. The van der Waals surface area contributed by atoms with Gasteiger partial charge < -0.3 is 15.3 Å². The second-order valence-corrected chi connectivity index (χ2v) is 11.0. The number of rotatable bonds is 6. The van der Waals surface area contributed by atoms with E-state index in [9.17, 15) is 4.79 Å². The van der Waals surface area contributed by atoms with Crippen LogP contribution in [0.15, 0.2) is 48.5 Å². The summed E-state index contributed by atoms with van der Waals surface area (Å²) in [6.07, 6.45) is 2.70. The van der Waals surface area contributed by atoms with Crippen LogP contribution in [0.25, 0.3) is 0 Å². The van der Waals surface area contributed by atoms with Crippen LogP contribution in [0.3, 0.4) is 0 Å². The Morgan fingerprint density at radius 1 is 1.03 bits per heavy atom. The van der Waals surface area contributed by atoms with Gasteiger partial charge in [-0.1, -0.05) is 39.0 Å². The lowest BCUT2D eigenvalue weighted by Gasteiger charge is -2.62. The monoisotopic (exact) mass is 447 g/mol. The molecule has 6 rings (SSSR count). The van der Waals surface area contributed by atoms with Gasteiger partial charge in [0, 0.05) is 50.1 Å². The summed E-state index contributed by atoms with van der Waals surface area (Å²) in [5.41, 5.74) is 4.66. The van der Waals surface area contributed by atoms with Gasteiger partial charge in [0.15, 0.2) is 0 Å². The topological polar surface area (TPSA) is 55.8 Å². The Bertz CT molecular complexity index is 994. The molecule has 2 aromatic rings. The maximum Gasteiger partial charge on any atom is 0.335 e. The highest BCUT2D eigenvalue weighted by Crippen LogP contribution is 2.61. The quantitative estimate of drug-likeness (QED) is 0.638. The van der Waals surface area contributed by atoms with Crippen LogP contribution < -0.4 is 10.2 Å². The van der Waals surface area contributed by atoms with Crippen LogP contribution in [-0.2, 0) is 6.54 Å². The van der Waals surface area contributed by atoms with Crippen molar-refractivity contribution in [1.82, 2.24) is 4.90 Å². The summed E-state index contributed by atoms with van der Waals surface area (Å²) in [7, 11) is 0. The van der Waals surface area contributed by atoms with Crippen molar-refractivity contribution >= 4 is 17.3 Å². The number of hydrogen-bond acceptors (Lipinski definition) is 4. The predicted molar refractivity (Wildman–Crippen MR) is 134 cm³/mol. The van der Waals surface area contributed by atoms with E-state index in [4.69, 9.17) is 5.11 Å². The molecule has 1 aliphatic heterocycles. The number of nitrogens with zero attached hydrogens (tertiary/aromatic N) is 2. The number of carbonyl (C=O) groups is 1. The summed E-state index contributed by atoms with van der Waals surface area (Å²) < 4.78 is 0. The largest absolute Gasteiger partial charge is 0.478 e. The van der Waals surface area contributed by atoms with Crippen LogP contribution >= 0.6 is 0 Å². The molecule has 176 valence electrons. The first kappa shape index (κ1) is 22.3. The van der Waals surface area contributed by atoms with E-state index in [1.807, 2.05) is 12.1 Å². The lowest BCUT2D eigenvalue weighted by atomic mass is 9.45. The molecule has 1 saturated heterocycles. The van der Waals surface area contributed by atoms with Crippen LogP contribution in [0.1, 0.15) is 49.5 Å². The Balaban J connectivity index is 1.19. The zero-order valence-corrected chi connectivity index (χ0v) is 20.1. The second kappa shape index (κ2) is 8.68. The molecule has 2 aromatic carbocycles. The number of benzene rings is 2. The smallest absolute Gasteiger partial charge is 0.335 e. The van der Waals surface area contributed by atoms with Gasteiger partial charge in [-0.15, -0.1) is 0 Å². The average molecular weight is 448 g/mol. The number of aromatic carboxylic acids is 1. The zero-order chi connectivity index (χ0) is 23.2. The molecule has 3 saturated carbocycles. The molecule has 33 heavy (non-hydrogen) atoms. The minimum absolute atomic E-state index is 0.342. The van der Waals surface area contributed by atoms with E-state index >= 15 is 0 Å². The van der Waals surface area contributed by atoms with Crippen molar-refractivity contribution in [1.29, 1.82) is 0 Å². The van der Waals surface area contributed by atoms with Gasteiger partial charge in [0.1, 0.15) is 0 Å². The van der Waals surface area contributed by atoms with Gasteiger partial charge in [-0.2, -0.15) is 0 Å². The van der Waals surface area contributed by atoms with Gasteiger partial charge in [0.25, 0.3) is 0 Å². The van der Waals surface area contributed by atoms with Crippen molar-refractivity contribution < 1.29 is 9.90 Å². The van der Waals surface area contributed by atoms with Gasteiger partial charge in [-0.25, -0.2) is 4.79 Å². The minimum atomic E-state index is -0.873. The van der Waals surface area contributed by atoms with E-state index in [2.05, 4.69) is 60.2 Å². The highest BCUT2D eigenvalue weighted by atomic mass is 16.4. The first-order chi connectivity index (χ1) is 15.8. The number of fused-ring (bicyclic) bond motifs is 2. The van der Waals surface area contributed by atoms with Crippen LogP contribution in [-0.4, -0.2) is 48.2 Å². The molecule has 2 N–H and O–H groups in total. The number of carboxylic acids is 1. The van der Waals surface area contributed by atoms with E-state index < -0.39 is 5.97 Å². The first-order valence-electron chi connectivity index (χ1n) is 12.5. The highest BCUT2D eigenvalue weighted by molar-refractivity contribution is 5.88. The molecule has 4 aliphatic rings. The summed E-state index contributed by atoms with van der Waals surface area (Å²) in [5, 5.41) is 13.1. The van der Waals surface area contributed by atoms with Crippen LogP contribution in [0.5, 0.6) is 0 Å². The highest BCUT2D eigenvalue weighted by Gasteiger charge is 2.56. The molecular formula is C28H37N3O2. The third-order valence-corrected chi connectivity index (χ3v) is 8.96. The maximum atomic E-state index is 11.1. The molecule has 2 bridgehead atoms. The molecule has 4 fully saturated rings. The van der Waals surface area contributed by atoms with E-state index in [1.54, 1.807) is 12.1 Å². The van der Waals surface area contributed by atoms with E-state index in [0.29, 0.717) is 22.9 Å². The first-order valence-corrected chi connectivity index (χ1v) is 12.5. The van der Waals surface area contributed by atoms with E-state index in [0.717, 1.165) is 50.2 Å². The molecule has 3 aliphatic carbocycles. The molecular weight excluding hydrogens is 410 g/mol. The number of para-hydroxylation sites is 1. The number of carboxylic acid groups (broad SMARTS) is 1. The fourth-order valence-corrected chi connectivity index (χ4v) is 6.56. The molecule has 0 spiro atoms. The maximum absolute atomic E-state index is 11.1. The Labute approximate surface area is 197 Å². The standard InChI is InChI=1S/C28H37N3O2/c1-19-24-16-22(28(24,2)3)17-26(19)29-25-7-5-4-6-21(25)18-30-12-14-31(15-13-30)23-10-8-20(9-11-23)27(32)33/h4-11,19,22,24,26,29H,12-18H2,1-3H3,(H,32,33)/t19-,22-,24-,26+/m1/s1. The van der Waals surface area contributed by atoms with Crippen molar-refractivity contribution in [3.05, 3.63) is 59.7 Å². The molecule has 0 unspecified atom stereocenters. The van der Waals surface area contributed by atoms with Crippen LogP contribution in [0.2, 0.25) is 0 Å². The molecule has 4 atom stereocenters. The molecule has 5 heteroatoms. The fourth-order valence-electron chi connectivity index (χ4n) is 6.56. The van der Waals surface area contributed by atoms with Crippen molar-refractivity contribution in [2.45, 2.75) is 46.2 Å². The van der Waals surface area contributed by atoms with Crippen molar-refractivity contribution in [3.63, 3.8) is 0 Å². The Morgan fingerprint density at radius 3 is 2.36 bits per heavy atom. The normalized spacial score (nSPS) is 28.8. The number of anilines is 2. The summed E-state index contributed by atoms with van der Waals surface area (Å²) in [6.45, 7) is 12.3. The third-order valence-electron chi connectivity index (χ3n) is 8.96. The van der Waals surface area contributed by atoms with Gasteiger partial charge >= 0.3 is 5.97 Å². The molecule has 5 nitrogen and oxygen atoms in total. The number of hydrogen-bond donors (Lipinski definition) is 2. The van der Waals surface area contributed by atoms with Crippen LogP contribution in [0, 0.1) is 23.2 Å². The number of nitrogens with one attached hydrogen (secondary N) is 1. The van der Waals surface area contributed by atoms with E-state index in [-0.39, 0.29) is 0 Å². The second-order valence-electron chi connectivity index (χ2n) is 11.0. The summed E-state index contributed by atoms with van der Waals surface area (Å²) in [5.74, 6) is 1.55. The van der Waals surface area contributed by atoms with Crippen molar-refractivity contribution in [3.8, 4) is 0 Å². The van der Waals surface area contributed by atoms with Crippen molar-refractivity contribution in [2.24, 2.45) is 23.2 Å². The summed E-state index contributed by atoms with van der Waals surface area (Å²) >= 11 is 0.